The molecular weight excluding hydrogens is 530 g/mol. The molecule has 0 heterocycles. The van der Waals surface area contributed by atoms with Crippen LogP contribution in [0.15, 0.2) is 52.4 Å². The van der Waals surface area contributed by atoms with E-state index in [0.717, 1.165) is 24.1 Å². The summed E-state index contributed by atoms with van der Waals surface area (Å²) in [5.74, 6) is 0.479. The van der Waals surface area contributed by atoms with E-state index in [1.165, 1.54) is 12.3 Å². The van der Waals surface area contributed by atoms with Crippen molar-refractivity contribution in [1.29, 1.82) is 0 Å². The highest BCUT2D eigenvalue weighted by Gasteiger charge is 2.07. The number of guanidine groups is 1. The van der Waals surface area contributed by atoms with Crippen LogP contribution in [0.1, 0.15) is 23.6 Å². The zero-order valence-corrected chi connectivity index (χ0v) is 21.6. The summed E-state index contributed by atoms with van der Waals surface area (Å²) < 4.78 is 37.0. The van der Waals surface area contributed by atoms with E-state index in [-0.39, 0.29) is 29.8 Å². The van der Waals surface area contributed by atoms with Crippen molar-refractivity contribution in [2.24, 2.45) is 4.99 Å². The van der Waals surface area contributed by atoms with E-state index in [2.05, 4.69) is 15.6 Å². The van der Waals surface area contributed by atoms with Crippen LogP contribution in [0.25, 0.3) is 0 Å². The smallest absolute Gasteiger partial charge is 0.191 e. The lowest BCUT2D eigenvalue weighted by atomic mass is 10.1. The second-order valence-electron chi connectivity index (χ2n) is 7.45. The van der Waals surface area contributed by atoms with Crippen LogP contribution in [-0.2, 0) is 29.3 Å². The van der Waals surface area contributed by atoms with E-state index >= 15 is 0 Å². The van der Waals surface area contributed by atoms with Gasteiger partial charge in [0, 0.05) is 31.5 Å². The SMILES string of the molecule is CCNC(=NCc1ccc(F)c(CN(C)C)c1)NCCc1ccc(S(C)(=O)=O)cc1.I. The molecule has 9 heteroatoms. The number of rotatable bonds is 9. The van der Waals surface area contributed by atoms with E-state index < -0.39 is 9.84 Å². The first kappa shape index (κ1) is 27.3. The van der Waals surface area contributed by atoms with Crippen molar-refractivity contribution < 1.29 is 12.8 Å². The molecule has 0 atom stereocenters. The van der Waals surface area contributed by atoms with Crippen molar-refractivity contribution in [1.82, 2.24) is 15.5 Å². The molecule has 0 saturated heterocycles. The Morgan fingerprint density at radius 2 is 1.71 bits per heavy atom. The number of benzene rings is 2. The fourth-order valence-electron chi connectivity index (χ4n) is 2.93. The number of sulfone groups is 1. The van der Waals surface area contributed by atoms with E-state index in [4.69, 9.17) is 0 Å². The first-order chi connectivity index (χ1) is 14.2. The van der Waals surface area contributed by atoms with Crippen molar-refractivity contribution in [3.05, 3.63) is 65.0 Å². The molecule has 0 aromatic heterocycles. The zero-order valence-electron chi connectivity index (χ0n) is 18.5. The van der Waals surface area contributed by atoms with Gasteiger partial charge >= 0.3 is 0 Å². The molecular formula is C22H32FIN4O2S. The second kappa shape index (κ2) is 13.0. The lowest BCUT2D eigenvalue weighted by Gasteiger charge is -2.13. The Morgan fingerprint density at radius 1 is 1.06 bits per heavy atom. The second-order valence-corrected chi connectivity index (χ2v) is 9.47. The Hall–Kier alpha value is -1.72. The van der Waals surface area contributed by atoms with Gasteiger partial charge in [0.15, 0.2) is 15.8 Å². The van der Waals surface area contributed by atoms with Gasteiger partial charge < -0.3 is 15.5 Å². The normalized spacial score (nSPS) is 11.9. The molecule has 31 heavy (non-hydrogen) atoms. The Bertz CT molecular complexity index is 964. The lowest BCUT2D eigenvalue weighted by molar-refractivity contribution is 0.392. The monoisotopic (exact) mass is 562 g/mol. The summed E-state index contributed by atoms with van der Waals surface area (Å²) in [4.78, 5) is 6.84. The topological polar surface area (TPSA) is 73.8 Å². The lowest BCUT2D eigenvalue weighted by Crippen LogP contribution is -2.38. The highest BCUT2D eigenvalue weighted by Crippen LogP contribution is 2.13. The predicted molar refractivity (Wildman–Crippen MR) is 135 cm³/mol. The fraction of sp³-hybridized carbons (Fsp3) is 0.409. The summed E-state index contributed by atoms with van der Waals surface area (Å²) in [5, 5.41) is 6.48. The molecule has 2 N–H and O–H groups in total. The maximum Gasteiger partial charge on any atom is 0.191 e. The van der Waals surface area contributed by atoms with Gasteiger partial charge in [0.05, 0.1) is 11.4 Å². The average Bonchev–Trinajstić information content (AvgIpc) is 2.67. The molecule has 0 amide bonds. The molecule has 2 aromatic rings. The van der Waals surface area contributed by atoms with E-state index in [9.17, 15) is 12.8 Å². The average molecular weight is 562 g/mol. The van der Waals surface area contributed by atoms with Gasteiger partial charge in [-0.1, -0.05) is 18.2 Å². The number of aliphatic imine (C=N–C) groups is 1. The third kappa shape index (κ3) is 9.53. The first-order valence-electron chi connectivity index (χ1n) is 9.92. The molecule has 0 aliphatic carbocycles. The largest absolute Gasteiger partial charge is 0.357 e. The van der Waals surface area contributed by atoms with Crippen LogP contribution in [0, 0.1) is 5.82 Å². The maximum absolute atomic E-state index is 13.9. The highest BCUT2D eigenvalue weighted by atomic mass is 127. The number of nitrogens with zero attached hydrogens (tertiary/aromatic N) is 2. The summed E-state index contributed by atoms with van der Waals surface area (Å²) in [6.45, 7) is 4.36. The van der Waals surface area contributed by atoms with Crippen LogP contribution in [-0.4, -0.2) is 52.7 Å². The van der Waals surface area contributed by atoms with Crippen LogP contribution in [0.4, 0.5) is 4.39 Å². The van der Waals surface area contributed by atoms with Gasteiger partial charge in [-0.05, 0) is 62.8 Å². The van der Waals surface area contributed by atoms with Gasteiger partial charge in [-0.15, -0.1) is 24.0 Å². The molecule has 0 fully saturated rings. The zero-order chi connectivity index (χ0) is 22.1. The molecule has 0 bridgehead atoms. The summed E-state index contributed by atoms with van der Waals surface area (Å²) in [6.07, 6.45) is 1.94. The molecule has 0 radical (unpaired) electrons. The number of halogens is 2. The molecule has 0 spiro atoms. The van der Waals surface area contributed by atoms with Gasteiger partial charge in [0.1, 0.15) is 5.82 Å². The number of hydrogen-bond donors (Lipinski definition) is 2. The summed E-state index contributed by atoms with van der Waals surface area (Å²) in [7, 11) is 0.640. The highest BCUT2D eigenvalue weighted by molar-refractivity contribution is 14.0. The Labute approximate surface area is 202 Å². The predicted octanol–water partition coefficient (Wildman–Crippen LogP) is 3.21. The maximum atomic E-state index is 13.9. The third-order valence-electron chi connectivity index (χ3n) is 4.42. The standard InChI is InChI=1S/C22H31FN4O2S.HI/c1-5-24-22(25-13-12-17-6-9-20(10-7-17)30(4,28)29)26-15-18-8-11-21(23)19(14-18)16-27(2)3;/h6-11,14H,5,12-13,15-16H2,1-4H3,(H2,24,25,26);1H. The molecule has 2 aromatic carbocycles. The summed E-state index contributed by atoms with van der Waals surface area (Å²) in [6, 6.07) is 12.0. The van der Waals surface area contributed by atoms with Crippen molar-refractivity contribution in [2.75, 3.05) is 33.4 Å². The van der Waals surface area contributed by atoms with Gasteiger partial charge in [0.25, 0.3) is 0 Å². The molecule has 0 aliphatic heterocycles. The quantitative estimate of drug-likeness (QED) is 0.279. The van der Waals surface area contributed by atoms with Gasteiger partial charge in [-0.3, -0.25) is 0 Å². The Morgan fingerprint density at radius 3 is 2.29 bits per heavy atom. The van der Waals surface area contributed by atoms with Crippen LogP contribution in [0.5, 0.6) is 0 Å². The molecule has 0 unspecified atom stereocenters. The van der Waals surface area contributed by atoms with Crippen LogP contribution in [0.3, 0.4) is 0 Å². The number of hydrogen-bond acceptors (Lipinski definition) is 4. The fourth-order valence-corrected chi connectivity index (χ4v) is 3.56. The minimum atomic E-state index is -3.18. The van der Waals surface area contributed by atoms with Crippen LogP contribution in [0.2, 0.25) is 0 Å². The van der Waals surface area contributed by atoms with Gasteiger partial charge in [-0.2, -0.15) is 0 Å². The molecule has 0 saturated carbocycles. The Kier molecular flexibility index (Phi) is 11.4. The van der Waals surface area contributed by atoms with Gasteiger partial charge in [-0.25, -0.2) is 17.8 Å². The third-order valence-corrected chi connectivity index (χ3v) is 5.55. The first-order valence-corrected chi connectivity index (χ1v) is 11.8. The van der Waals surface area contributed by atoms with Crippen molar-refractivity contribution in [2.45, 2.75) is 31.3 Å². The van der Waals surface area contributed by atoms with Crippen molar-refractivity contribution in [3.63, 3.8) is 0 Å². The van der Waals surface area contributed by atoms with Crippen LogP contribution >= 0.6 is 24.0 Å². The summed E-state index contributed by atoms with van der Waals surface area (Å²) in [5.41, 5.74) is 2.64. The van der Waals surface area contributed by atoms with E-state index in [0.29, 0.717) is 36.1 Å². The molecule has 2 rings (SSSR count). The number of nitrogens with one attached hydrogen (secondary N) is 2. The molecule has 6 nitrogen and oxygen atoms in total. The van der Waals surface area contributed by atoms with E-state index in [1.54, 1.807) is 18.2 Å². The van der Waals surface area contributed by atoms with Crippen molar-refractivity contribution in [3.8, 4) is 0 Å². The van der Waals surface area contributed by atoms with Gasteiger partial charge in [0.2, 0.25) is 0 Å². The van der Waals surface area contributed by atoms with Crippen LogP contribution < -0.4 is 10.6 Å². The van der Waals surface area contributed by atoms with E-state index in [1.807, 2.05) is 44.1 Å². The summed E-state index contributed by atoms with van der Waals surface area (Å²) >= 11 is 0. The molecule has 0 aliphatic rings. The molecule has 172 valence electrons. The minimum absolute atomic E-state index is 0. The van der Waals surface area contributed by atoms with Crippen molar-refractivity contribution >= 4 is 39.8 Å². The minimum Gasteiger partial charge on any atom is -0.357 e. The Balaban J connectivity index is 0.00000480.